The first kappa shape index (κ1) is 37.0. The van der Waals surface area contributed by atoms with Gasteiger partial charge in [0.1, 0.15) is 12.1 Å². The highest BCUT2D eigenvalue weighted by molar-refractivity contribution is 5.80. The van der Waals surface area contributed by atoms with E-state index in [0.29, 0.717) is 30.7 Å². The van der Waals surface area contributed by atoms with E-state index in [0.717, 1.165) is 56.3 Å². The number of pyridine rings is 1. The second-order valence-electron chi connectivity index (χ2n) is 13.6. The van der Waals surface area contributed by atoms with Gasteiger partial charge >= 0.3 is 5.97 Å². The molecule has 1 aromatic heterocycles. The smallest absolute Gasteiger partial charge is 0.323 e. The van der Waals surface area contributed by atoms with Crippen LogP contribution in [-0.2, 0) is 31.9 Å². The van der Waals surface area contributed by atoms with Gasteiger partial charge < -0.3 is 30.6 Å². The molecule has 0 saturated heterocycles. The summed E-state index contributed by atoms with van der Waals surface area (Å²) in [6.45, 7) is 13.0. The molecule has 0 bridgehead atoms. The van der Waals surface area contributed by atoms with Gasteiger partial charge in [-0.25, -0.2) is 4.98 Å². The summed E-state index contributed by atoms with van der Waals surface area (Å²) in [5.74, 6) is 0.560. The van der Waals surface area contributed by atoms with Crippen molar-refractivity contribution in [2.24, 2.45) is 41.1 Å². The zero-order chi connectivity index (χ0) is 32.3. The Morgan fingerprint density at radius 1 is 1.00 bits per heavy atom. The first-order valence-corrected chi connectivity index (χ1v) is 16.3. The van der Waals surface area contributed by atoms with Crippen LogP contribution in [0.4, 0.5) is 0 Å². The molecule has 0 unspecified atom stereocenters. The van der Waals surface area contributed by atoms with E-state index < -0.39 is 24.2 Å². The van der Waals surface area contributed by atoms with E-state index in [1.165, 1.54) is 0 Å². The van der Waals surface area contributed by atoms with Crippen molar-refractivity contribution in [3.8, 4) is 5.88 Å². The lowest BCUT2D eigenvalue weighted by Gasteiger charge is -2.34. The number of nitrogens with two attached hydrogens (primary N) is 2. The SMILES string of the molecule is COCCCCc1cc(C[C@@H](C[C@H](N)[C@H](C[C@H](C(=O)N(C)C2CC2)C(C)C)OC(=O)[C@@H](N)C(C)C)C(C)C)cnc1OC. The number of hydrogen-bond acceptors (Lipinski definition) is 8. The van der Waals surface area contributed by atoms with Crippen LogP contribution in [0.1, 0.15) is 91.2 Å². The Morgan fingerprint density at radius 2 is 1.67 bits per heavy atom. The normalized spacial score (nSPS) is 17.1. The maximum atomic E-state index is 13.5. The van der Waals surface area contributed by atoms with Crippen LogP contribution < -0.4 is 16.2 Å². The van der Waals surface area contributed by atoms with E-state index in [-0.39, 0.29) is 29.6 Å². The highest BCUT2D eigenvalue weighted by Crippen LogP contribution is 2.32. The molecule has 1 heterocycles. The van der Waals surface area contributed by atoms with Crippen LogP contribution >= 0.6 is 0 Å². The highest BCUT2D eigenvalue weighted by Gasteiger charge is 2.38. The molecule has 1 amide bonds. The Labute approximate surface area is 260 Å². The van der Waals surface area contributed by atoms with E-state index in [4.69, 9.17) is 25.7 Å². The third-order valence-electron chi connectivity index (χ3n) is 9.02. The van der Waals surface area contributed by atoms with Gasteiger partial charge in [-0.2, -0.15) is 0 Å². The maximum absolute atomic E-state index is 13.5. The molecular formula is C34H60N4O5. The van der Waals surface area contributed by atoms with E-state index in [9.17, 15) is 9.59 Å². The number of unbranched alkanes of at least 4 members (excludes halogenated alkanes) is 1. The van der Waals surface area contributed by atoms with Gasteiger partial charge in [-0.1, -0.05) is 41.5 Å². The predicted molar refractivity (Wildman–Crippen MR) is 172 cm³/mol. The van der Waals surface area contributed by atoms with E-state index in [1.54, 1.807) is 14.2 Å². The van der Waals surface area contributed by atoms with Crippen molar-refractivity contribution in [2.45, 2.75) is 117 Å². The molecule has 4 N–H and O–H groups in total. The van der Waals surface area contributed by atoms with Crippen molar-refractivity contribution in [1.29, 1.82) is 0 Å². The number of esters is 1. The van der Waals surface area contributed by atoms with Crippen LogP contribution in [0.3, 0.4) is 0 Å². The van der Waals surface area contributed by atoms with Gasteiger partial charge in [0, 0.05) is 50.5 Å². The summed E-state index contributed by atoms with van der Waals surface area (Å²) in [5.41, 5.74) is 15.3. The number of nitrogens with zero attached hydrogens (tertiary/aromatic N) is 2. The summed E-state index contributed by atoms with van der Waals surface area (Å²) in [4.78, 5) is 33.1. The second-order valence-corrected chi connectivity index (χ2v) is 13.6. The van der Waals surface area contributed by atoms with Crippen molar-refractivity contribution in [3.05, 3.63) is 23.4 Å². The van der Waals surface area contributed by atoms with Crippen LogP contribution in [-0.4, -0.2) is 73.9 Å². The van der Waals surface area contributed by atoms with E-state index >= 15 is 0 Å². The Balaban J connectivity index is 2.26. The molecule has 1 saturated carbocycles. The highest BCUT2D eigenvalue weighted by atomic mass is 16.5. The summed E-state index contributed by atoms with van der Waals surface area (Å²) < 4.78 is 16.8. The number of carbonyl (C=O) groups is 2. The number of ether oxygens (including phenoxy) is 3. The lowest BCUT2D eigenvalue weighted by atomic mass is 9.80. The number of amides is 1. The average molecular weight is 605 g/mol. The number of carbonyl (C=O) groups excluding carboxylic acids is 2. The minimum atomic E-state index is -0.745. The lowest BCUT2D eigenvalue weighted by Crippen LogP contribution is -2.48. The summed E-state index contributed by atoms with van der Waals surface area (Å²) in [6, 6.07) is 1.31. The molecule has 43 heavy (non-hydrogen) atoms. The summed E-state index contributed by atoms with van der Waals surface area (Å²) in [5, 5.41) is 0. The number of aromatic nitrogens is 1. The zero-order valence-electron chi connectivity index (χ0n) is 28.3. The van der Waals surface area contributed by atoms with Crippen LogP contribution in [0, 0.1) is 29.6 Å². The van der Waals surface area contributed by atoms with Crippen LogP contribution in [0.5, 0.6) is 5.88 Å². The lowest BCUT2D eigenvalue weighted by molar-refractivity contribution is -0.156. The molecule has 1 aromatic rings. The molecule has 1 aliphatic carbocycles. The molecule has 1 aliphatic rings. The standard InChI is InChI=1S/C34H60N4O5/c1-21(2)26(17-24-16-25(12-10-11-15-41-8)32(42-9)37-20-24)18-29(35)30(43-34(40)31(36)23(5)6)19-28(22(3)4)33(39)38(7)27-13-14-27/h16,20-23,26-31H,10-15,17-19,35-36H2,1-9H3/t26-,28-,29-,30-,31-/m0/s1. The molecule has 0 aliphatic heterocycles. The fourth-order valence-corrected chi connectivity index (χ4v) is 5.60. The second kappa shape index (κ2) is 17.9. The zero-order valence-corrected chi connectivity index (χ0v) is 28.3. The van der Waals surface area contributed by atoms with Gasteiger partial charge in [0.05, 0.1) is 7.11 Å². The Morgan fingerprint density at radius 3 is 2.21 bits per heavy atom. The van der Waals surface area contributed by atoms with Crippen molar-refractivity contribution < 1.29 is 23.8 Å². The van der Waals surface area contributed by atoms with Crippen LogP contribution in [0.15, 0.2) is 12.3 Å². The minimum absolute atomic E-state index is 0.0671. The average Bonchev–Trinajstić information content (AvgIpc) is 3.81. The molecule has 1 fully saturated rings. The fourth-order valence-electron chi connectivity index (χ4n) is 5.60. The minimum Gasteiger partial charge on any atom is -0.481 e. The number of rotatable bonds is 20. The van der Waals surface area contributed by atoms with Crippen molar-refractivity contribution in [1.82, 2.24) is 9.88 Å². The van der Waals surface area contributed by atoms with Crippen LogP contribution in [0.2, 0.25) is 0 Å². The van der Waals surface area contributed by atoms with E-state index in [1.807, 2.05) is 45.8 Å². The monoisotopic (exact) mass is 604 g/mol. The number of aryl methyl sites for hydroxylation is 1. The molecule has 9 nitrogen and oxygen atoms in total. The van der Waals surface area contributed by atoms with Crippen molar-refractivity contribution >= 4 is 11.9 Å². The third kappa shape index (κ3) is 11.7. The van der Waals surface area contributed by atoms with Gasteiger partial charge in [0.15, 0.2) is 0 Å². The first-order chi connectivity index (χ1) is 20.3. The van der Waals surface area contributed by atoms with Crippen molar-refractivity contribution in [3.63, 3.8) is 0 Å². The maximum Gasteiger partial charge on any atom is 0.323 e. The van der Waals surface area contributed by atoms with Gasteiger partial charge in [-0.15, -0.1) is 0 Å². The molecule has 0 aromatic carbocycles. The quantitative estimate of drug-likeness (QED) is 0.161. The molecular weight excluding hydrogens is 544 g/mol. The molecule has 246 valence electrons. The Hall–Kier alpha value is -2.23. The molecule has 9 heteroatoms. The van der Waals surface area contributed by atoms with Crippen LogP contribution in [0.25, 0.3) is 0 Å². The van der Waals surface area contributed by atoms with Gasteiger partial charge in [0.2, 0.25) is 11.8 Å². The van der Waals surface area contributed by atoms with Gasteiger partial charge in [-0.05, 0) is 86.7 Å². The summed E-state index contributed by atoms with van der Waals surface area (Å²) >= 11 is 0. The van der Waals surface area contributed by atoms with Gasteiger partial charge in [-0.3, -0.25) is 9.59 Å². The summed E-state index contributed by atoms with van der Waals surface area (Å²) in [6.07, 6.45) is 8.00. The molecule has 0 radical (unpaired) electrons. The van der Waals surface area contributed by atoms with Gasteiger partial charge in [0.25, 0.3) is 0 Å². The third-order valence-corrected chi connectivity index (χ3v) is 9.02. The fraction of sp³-hybridized carbons (Fsp3) is 0.794. The topological polar surface area (TPSA) is 130 Å². The predicted octanol–water partition coefficient (Wildman–Crippen LogP) is 4.77. The molecule has 0 spiro atoms. The Bertz CT molecular complexity index is 997. The first-order valence-electron chi connectivity index (χ1n) is 16.3. The molecule has 2 rings (SSSR count). The Kier molecular flexibility index (Phi) is 15.4. The number of hydrogen-bond donors (Lipinski definition) is 2. The molecule has 5 atom stereocenters. The summed E-state index contributed by atoms with van der Waals surface area (Å²) in [7, 11) is 5.26. The van der Waals surface area contributed by atoms with Crippen molar-refractivity contribution in [2.75, 3.05) is 27.9 Å². The number of methoxy groups -OCH3 is 2. The largest absolute Gasteiger partial charge is 0.481 e. The van der Waals surface area contributed by atoms with E-state index in [2.05, 4.69) is 24.9 Å².